The summed E-state index contributed by atoms with van der Waals surface area (Å²) in [5.74, 6) is -0.195. The van der Waals surface area contributed by atoms with Gasteiger partial charge in [-0.1, -0.05) is 42.5 Å². The van der Waals surface area contributed by atoms with Crippen LogP contribution in [0.2, 0.25) is 0 Å². The third-order valence-corrected chi connectivity index (χ3v) is 4.34. The van der Waals surface area contributed by atoms with E-state index in [2.05, 4.69) is 0 Å². The number of ether oxygens (including phenoxy) is 2. The number of hydrogen-bond acceptors (Lipinski definition) is 5. The highest BCUT2D eigenvalue weighted by Gasteiger charge is 2.15. The van der Waals surface area contributed by atoms with E-state index in [1.807, 2.05) is 6.07 Å². The Balaban J connectivity index is 1.96. The Morgan fingerprint density at radius 1 is 0.800 bits per heavy atom. The van der Waals surface area contributed by atoms with Crippen molar-refractivity contribution in [2.24, 2.45) is 0 Å². The first-order valence-corrected chi connectivity index (χ1v) is 9.06. The van der Waals surface area contributed by atoms with E-state index in [9.17, 15) is 14.7 Å². The van der Waals surface area contributed by atoms with Crippen LogP contribution in [0.25, 0.3) is 23.3 Å². The molecule has 6 heteroatoms. The summed E-state index contributed by atoms with van der Waals surface area (Å²) in [6.07, 6.45) is 2.99. The molecule has 6 nitrogen and oxygen atoms in total. The quantitative estimate of drug-likeness (QED) is 0.457. The third kappa shape index (κ3) is 4.86. The number of aliphatic carboxylic acids is 1. The summed E-state index contributed by atoms with van der Waals surface area (Å²) >= 11 is 0. The summed E-state index contributed by atoms with van der Waals surface area (Å²) in [5, 5.41) is 9.54. The van der Waals surface area contributed by atoms with Crippen molar-refractivity contribution in [3.05, 3.63) is 89.4 Å². The fourth-order valence-corrected chi connectivity index (χ4v) is 2.83. The molecular formula is C24H20O6. The molecule has 0 saturated carbocycles. The minimum absolute atomic E-state index is 0.101. The summed E-state index contributed by atoms with van der Waals surface area (Å²) in [6.45, 7) is 0. The van der Waals surface area contributed by atoms with E-state index in [0.717, 1.165) is 0 Å². The molecule has 0 aliphatic rings. The second kappa shape index (κ2) is 9.43. The zero-order valence-corrected chi connectivity index (χ0v) is 16.5. The van der Waals surface area contributed by atoms with Gasteiger partial charge in [0.15, 0.2) is 0 Å². The molecular weight excluding hydrogens is 384 g/mol. The number of methoxy groups -OCH3 is 2. The van der Waals surface area contributed by atoms with E-state index in [-0.39, 0.29) is 5.57 Å². The molecule has 0 atom stereocenters. The average Bonchev–Trinajstić information content (AvgIpc) is 3.23. The van der Waals surface area contributed by atoms with Gasteiger partial charge in [0.2, 0.25) is 0 Å². The Hall–Kier alpha value is -4.06. The average molecular weight is 404 g/mol. The second-order valence-corrected chi connectivity index (χ2v) is 6.25. The van der Waals surface area contributed by atoms with Gasteiger partial charge in [0.05, 0.1) is 25.4 Å². The molecule has 1 aromatic heterocycles. The van der Waals surface area contributed by atoms with Crippen molar-refractivity contribution < 1.29 is 28.6 Å². The van der Waals surface area contributed by atoms with Crippen LogP contribution in [0.5, 0.6) is 5.75 Å². The third-order valence-electron chi connectivity index (χ3n) is 4.34. The number of hydrogen-bond donors (Lipinski definition) is 1. The van der Waals surface area contributed by atoms with Gasteiger partial charge in [-0.2, -0.15) is 0 Å². The first kappa shape index (κ1) is 20.7. The molecule has 0 amide bonds. The van der Waals surface area contributed by atoms with Crippen molar-refractivity contribution in [2.45, 2.75) is 0 Å². The van der Waals surface area contributed by atoms with Crippen LogP contribution in [0.3, 0.4) is 0 Å². The van der Waals surface area contributed by atoms with Gasteiger partial charge in [0.25, 0.3) is 0 Å². The van der Waals surface area contributed by atoms with Crippen molar-refractivity contribution in [1.82, 2.24) is 0 Å². The molecule has 0 aliphatic heterocycles. The normalized spacial score (nSPS) is 11.8. The second-order valence-electron chi connectivity index (χ2n) is 6.25. The lowest BCUT2D eigenvalue weighted by Gasteiger charge is -2.06. The van der Waals surface area contributed by atoms with Crippen molar-refractivity contribution in [2.75, 3.05) is 14.2 Å². The maximum atomic E-state index is 12.3. The molecule has 2 aromatic carbocycles. The number of carbonyl (C=O) groups is 2. The van der Waals surface area contributed by atoms with Gasteiger partial charge in [-0.25, -0.2) is 9.59 Å². The molecule has 0 bridgehead atoms. The summed E-state index contributed by atoms with van der Waals surface area (Å²) in [4.78, 5) is 23.9. The van der Waals surface area contributed by atoms with Crippen LogP contribution in [-0.4, -0.2) is 31.3 Å². The topological polar surface area (TPSA) is 86.0 Å². The SMILES string of the molecule is COC(=O)/C(=C/c1ccc(/C=C(\C(=O)O)c2ccccc2)o1)c1ccc(OC)cc1. The van der Waals surface area contributed by atoms with Crippen LogP contribution >= 0.6 is 0 Å². The monoisotopic (exact) mass is 404 g/mol. The zero-order chi connectivity index (χ0) is 21.5. The minimum Gasteiger partial charge on any atom is -0.497 e. The van der Waals surface area contributed by atoms with Gasteiger partial charge < -0.3 is 19.0 Å². The van der Waals surface area contributed by atoms with Crippen molar-refractivity contribution in [3.8, 4) is 5.75 Å². The highest BCUT2D eigenvalue weighted by atomic mass is 16.5. The predicted octanol–water partition coefficient (Wildman–Crippen LogP) is 4.63. The van der Waals surface area contributed by atoms with E-state index in [0.29, 0.717) is 34.0 Å². The van der Waals surface area contributed by atoms with Crippen LogP contribution < -0.4 is 4.74 Å². The van der Waals surface area contributed by atoms with Gasteiger partial charge in [-0.15, -0.1) is 0 Å². The number of carboxylic acids is 1. The van der Waals surface area contributed by atoms with Gasteiger partial charge in [0, 0.05) is 0 Å². The number of carbonyl (C=O) groups excluding carboxylic acids is 1. The number of benzene rings is 2. The summed E-state index contributed by atoms with van der Waals surface area (Å²) < 4.78 is 15.8. The maximum absolute atomic E-state index is 12.3. The van der Waals surface area contributed by atoms with E-state index < -0.39 is 11.9 Å². The molecule has 0 radical (unpaired) electrons. The van der Waals surface area contributed by atoms with Crippen molar-refractivity contribution in [1.29, 1.82) is 0 Å². The zero-order valence-electron chi connectivity index (χ0n) is 16.5. The van der Waals surface area contributed by atoms with Crippen molar-refractivity contribution >= 4 is 35.2 Å². The number of esters is 1. The van der Waals surface area contributed by atoms with Gasteiger partial charge in [0.1, 0.15) is 17.3 Å². The van der Waals surface area contributed by atoms with Gasteiger partial charge in [-0.3, -0.25) is 0 Å². The smallest absolute Gasteiger partial charge is 0.338 e. The molecule has 0 unspecified atom stereocenters. The Bertz CT molecular complexity index is 1090. The van der Waals surface area contributed by atoms with E-state index >= 15 is 0 Å². The molecule has 0 saturated heterocycles. The summed E-state index contributed by atoms with van der Waals surface area (Å²) in [7, 11) is 2.86. The molecule has 152 valence electrons. The molecule has 30 heavy (non-hydrogen) atoms. The molecule has 1 heterocycles. The fraction of sp³-hybridized carbons (Fsp3) is 0.0833. The molecule has 1 N–H and O–H groups in total. The first-order chi connectivity index (χ1) is 14.5. The Labute approximate surface area is 173 Å². The van der Waals surface area contributed by atoms with Crippen LogP contribution in [0.15, 0.2) is 71.1 Å². The molecule has 3 aromatic rings. The number of carboxylic acid groups (broad SMARTS) is 1. The molecule has 0 fully saturated rings. The number of furan rings is 1. The first-order valence-electron chi connectivity index (χ1n) is 9.06. The molecule has 0 spiro atoms. The van der Waals surface area contributed by atoms with Crippen LogP contribution in [0.1, 0.15) is 22.6 Å². The highest BCUT2D eigenvalue weighted by Crippen LogP contribution is 2.25. The van der Waals surface area contributed by atoms with Gasteiger partial charge in [-0.05, 0) is 47.5 Å². The Morgan fingerprint density at radius 3 is 1.90 bits per heavy atom. The summed E-state index contributed by atoms with van der Waals surface area (Å²) in [6, 6.07) is 19.0. The standard InChI is InChI=1S/C24H20O6/c1-28-18-10-8-17(9-11-18)22(24(27)29-2)15-20-13-12-19(30-20)14-21(23(25)26)16-6-4-3-5-7-16/h3-15H,1-2H3,(H,25,26)/b21-14-,22-15+. The predicted molar refractivity (Wildman–Crippen MR) is 114 cm³/mol. The molecule has 0 aliphatic carbocycles. The Kier molecular flexibility index (Phi) is 6.49. The highest BCUT2D eigenvalue weighted by molar-refractivity contribution is 6.21. The molecule has 3 rings (SSSR count). The van der Waals surface area contributed by atoms with E-state index in [4.69, 9.17) is 13.9 Å². The van der Waals surface area contributed by atoms with E-state index in [1.54, 1.807) is 73.8 Å². The Morgan fingerprint density at radius 2 is 1.37 bits per heavy atom. The van der Waals surface area contributed by atoms with Crippen LogP contribution in [0.4, 0.5) is 0 Å². The largest absolute Gasteiger partial charge is 0.497 e. The minimum atomic E-state index is -1.07. The van der Waals surface area contributed by atoms with Crippen LogP contribution in [0, 0.1) is 0 Å². The maximum Gasteiger partial charge on any atom is 0.338 e. The van der Waals surface area contributed by atoms with Crippen molar-refractivity contribution in [3.63, 3.8) is 0 Å². The van der Waals surface area contributed by atoms with Gasteiger partial charge >= 0.3 is 11.9 Å². The fourth-order valence-electron chi connectivity index (χ4n) is 2.83. The lowest BCUT2D eigenvalue weighted by Crippen LogP contribution is -2.03. The van der Waals surface area contributed by atoms with E-state index in [1.165, 1.54) is 13.2 Å². The summed E-state index contributed by atoms with van der Waals surface area (Å²) in [5.41, 5.74) is 1.59. The lowest BCUT2D eigenvalue weighted by atomic mass is 10.0. The number of rotatable bonds is 7. The van der Waals surface area contributed by atoms with Crippen LogP contribution in [-0.2, 0) is 14.3 Å². The lowest BCUT2D eigenvalue weighted by molar-refractivity contribution is -0.133.